The van der Waals surface area contributed by atoms with Crippen molar-refractivity contribution in [3.05, 3.63) is 57.6 Å². The Bertz CT molecular complexity index is 794. The summed E-state index contributed by atoms with van der Waals surface area (Å²) in [7, 11) is 3.07. The molecule has 0 heterocycles. The maximum absolute atomic E-state index is 12.1. The van der Waals surface area contributed by atoms with Gasteiger partial charge in [0.25, 0.3) is 5.91 Å². The highest BCUT2D eigenvalue weighted by Crippen LogP contribution is 2.25. The lowest BCUT2D eigenvalue weighted by molar-refractivity contribution is -0.116. The van der Waals surface area contributed by atoms with E-state index in [9.17, 15) is 9.59 Å². The summed E-state index contributed by atoms with van der Waals surface area (Å²) in [4.78, 5) is 23.9. The molecule has 0 aliphatic carbocycles. The first-order valence-electron chi connectivity index (χ1n) is 7.58. The van der Waals surface area contributed by atoms with Crippen LogP contribution in [0.5, 0.6) is 5.75 Å². The molecule has 0 radical (unpaired) electrons. The van der Waals surface area contributed by atoms with Crippen LogP contribution in [0.25, 0.3) is 0 Å². The molecule has 5 nitrogen and oxygen atoms in total. The fraction of sp³-hybridized carbons (Fsp3) is 0.222. The maximum atomic E-state index is 12.1. The lowest BCUT2D eigenvalue weighted by atomic mass is 10.1. The molecule has 2 aromatic rings. The number of ether oxygens (including phenoxy) is 1. The molecule has 2 aromatic carbocycles. The topological polar surface area (TPSA) is 67.4 Å². The standard InChI is InChI=1S/C18H18Cl2N2O3/c1-21-18(24)13-10-12(5-6-14(13)19)22-17(23)8-4-11-3-7-16(25-2)15(20)9-11/h3,5-7,9-10H,4,8H2,1-2H3,(H,21,24)(H,22,23). The highest BCUT2D eigenvalue weighted by Gasteiger charge is 2.11. The van der Waals surface area contributed by atoms with Crippen LogP contribution in [0.15, 0.2) is 36.4 Å². The van der Waals surface area contributed by atoms with Crippen LogP contribution in [0, 0.1) is 0 Å². The Morgan fingerprint density at radius 1 is 1.08 bits per heavy atom. The van der Waals surface area contributed by atoms with Gasteiger partial charge in [-0.25, -0.2) is 0 Å². The lowest BCUT2D eigenvalue weighted by Gasteiger charge is -2.09. The van der Waals surface area contributed by atoms with Gasteiger partial charge in [0, 0.05) is 19.2 Å². The second-order valence-electron chi connectivity index (χ2n) is 5.29. The zero-order valence-electron chi connectivity index (χ0n) is 13.9. The average molecular weight is 381 g/mol. The molecule has 0 saturated carbocycles. The second-order valence-corrected chi connectivity index (χ2v) is 6.11. The number of hydrogen-bond acceptors (Lipinski definition) is 3. The van der Waals surface area contributed by atoms with Crippen molar-refractivity contribution < 1.29 is 14.3 Å². The Kier molecular flexibility index (Phi) is 6.67. The zero-order chi connectivity index (χ0) is 18.4. The molecule has 0 aromatic heterocycles. The fourth-order valence-corrected chi connectivity index (χ4v) is 2.74. The number of anilines is 1. The molecule has 2 amide bonds. The number of rotatable bonds is 6. The van der Waals surface area contributed by atoms with E-state index in [-0.39, 0.29) is 18.2 Å². The smallest absolute Gasteiger partial charge is 0.252 e. The quantitative estimate of drug-likeness (QED) is 0.797. The van der Waals surface area contributed by atoms with Gasteiger partial charge in [-0.1, -0.05) is 29.3 Å². The van der Waals surface area contributed by atoms with E-state index in [1.54, 1.807) is 37.4 Å². The predicted octanol–water partition coefficient (Wildman–Crippen LogP) is 3.93. The van der Waals surface area contributed by atoms with Crippen LogP contribution < -0.4 is 15.4 Å². The number of hydrogen-bond donors (Lipinski definition) is 2. The molecule has 7 heteroatoms. The highest BCUT2D eigenvalue weighted by atomic mass is 35.5. The third-order valence-electron chi connectivity index (χ3n) is 3.58. The minimum atomic E-state index is -0.311. The van der Waals surface area contributed by atoms with Gasteiger partial charge in [0.15, 0.2) is 0 Å². The van der Waals surface area contributed by atoms with Crippen molar-refractivity contribution >= 4 is 40.7 Å². The Morgan fingerprint density at radius 2 is 1.84 bits per heavy atom. The van der Waals surface area contributed by atoms with Gasteiger partial charge in [0.1, 0.15) is 5.75 Å². The van der Waals surface area contributed by atoms with E-state index in [0.717, 1.165) is 5.56 Å². The minimum absolute atomic E-state index is 0.169. The maximum Gasteiger partial charge on any atom is 0.252 e. The van der Waals surface area contributed by atoms with E-state index in [1.807, 2.05) is 6.07 Å². The van der Waals surface area contributed by atoms with Crippen LogP contribution in [0.1, 0.15) is 22.3 Å². The van der Waals surface area contributed by atoms with Gasteiger partial charge in [-0.15, -0.1) is 0 Å². The van der Waals surface area contributed by atoms with Crippen molar-refractivity contribution in [2.75, 3.05) is 19.5 Å². The van der Waals surface area contributed by atoms with Crippen molar-refractivity contribution in [2.45, 2.75) is 12.8 Å². The van der Waals surface area contributed by atoms with E-state index < -0.39 is 0 Å². The first-order valence-corrected chi connectivity index (χ1v) is 8.34. The zero-order valence-corrected chi connectivity index (χ0v) is 15.4. The molecule has 25 heavy (non-hydrogen) atoms. The molecule has 0 atom stereocenters. The first-order chi connectivity index (χ1) is 11.9. The normalized spacial score (nSPS) is 10.2. The van der Waals surface area contributed by atoms with Gasteiger partial charge < -0.3 is 15.4 Å². The molecule has 0 saturated heterocycles. The number of halogens is 2. The summed E-state index contributed by atoms with van der Waals surface area (Å²) >= 11 is 12.1. The van der Waals surface area contributed by atoms with Gasteiger partial charge >= 0.3 is 0 Å². The Hall–Kier alpha value is -2.24. The summed E-state index contributed by atoms with van der Waals surface area (Å²) in [6.45, 7) is 0. The van der Waals surface area contributed by atoms with Gasteiger partial charge in [-0.2, -0.15) is 0 Å². The first kappa shape index (κ1) is 19.1. The number of amides is 2. The monoisotopic (exact) mass is 380 g/mol. The molecule has 0 unspecified atom stereocenters. The molecule has 0 bridgehead atoms. The minimum Gasteiger partial charge on any atom is -0.495 e. The molecule has 0 spiro atoms. The van der Waals surface area contributed by atoms with E-state index in [0.29, 0.717) is 33.5 Å². The third-order valence-corrected chi connectivity index (χ3v) is 4.20. The van der Waals surface area contributed by atoms with Crippen LogP contribution in [-0.4, -0.2) is 26.0 Å². The summed E-state index contributed by atoms with van der Waals surface area (Å²) in [6.07, 6.45) is 0.812. The van der Waals surface area contributed by atoms with E-state index in [1.165, 1.54) is 7.05 Å². The van der Waals surface area contributed by atoms with E-state index in [4.69, 9.17) is 27.9 Å². The van der Waals surface area contributed by atoms with Gasteiger partial charge in [-0.3, -0.25) is 9.59 Å². The van der Waals surface area contributed by atoms with Crippen molar-refractivity contribution in [1.82, 2.24) is 5.32 Å². The average Bonchev–Trinajstić information content (AvgIpc) is 2.61. The van der Waals surface area contributed by atoms with Crippen LogP contribution in [0.4, 0.5) is 5.69 Å². The molecule has 0 fully saturated rings. The van der Waals surface area contributed by atoms with Crippen molar-refractivity contribution in [3.8, 4) is 5.75 Å². The number of aryl methyl sites for hydroxylation is 1. The molecule has 132 valence electrons. The number of carbonyl (C=O) groups is 2. The predicted molar refractivity (Wildman–Crippen MR) is 99.8 cm³/mol. The highest BCUT2D eigenvalue weighted by molar-refractivity contribution is 6.34. The Labute approximate surface area is 156 Å². The van der Waals surface area contributed by atoms with Crippen LogP contribution >= 0.6 is 23.2 Å². The van der Waals surface area contributed by atoms with Gasteiger partial charge in [0.2, 0.25) is 5.91 Å². The lowest BCUT2D eigenvalue weighted by Crippen LogP contribution is -2.19. The molecule has 2 N–H and O–H groups in total. The van der Waals surface area contributed by atoms with Gasteiger partial charge in [0.05, 0.1) is 22.7 Å². The molecule has 0 aliphatic heterocycles. The second kappa shape index (κ2) is 8.74. The number of methoxy groups -OCH3 is 1. The SMILES string of the molecule is CNC(=O)c1cc(NC(=O)CCc2ccc(OC)c(Cl)c2)ccc1Cl. The number of carbonyl (C=O) groups excluding carboxylic acids is 2. The van der Waals surface area contributed by atoms with Crippen LogP contribution in [-0.2, 0) is 11.2 Å². The summed E-state index contributed by atoms with van der Waals surface area (Å²) in [6, 6.07) is 10.2. The third kappa shape index (κ3) is 5.11. The van der Waals surface area contributed by atoms with Crippen LogP contribution in [0.2, 0.25) is 10.0 Å². The van der Waals surface area contributed by atoms with E-state index in [2.05, 4.69) is 10.6 Å². The molecular weight excluding hydrogens is 363 g/mol. The van der Waals surface area contributed by atoms with E-state index >= 15 is 0 Å². The summed E-state index contributed by atoms with van der Waals surface area (Å²) < 4.78 is 5.10. The molecule has 2 rings (SSSR count). The van der Waals surface area contributed by atoms with Crippen LogP contribution in [0.3, 0.4) is 0 Å². The summed E-state index contributed by atoms with van der Waals surface area (Å²) in [5, 5.41) is 6.10. The number of nitrogens with one attached hydrogen (secondary N) is 2. The summed E-state index contributed by atoms with van der Waals surface area (Å²) in [5.41, 5.74) is 1.76. The fourth-order valence-electron chi connectivity index (χ4n) is 2.26. The van der Waals surface area contributed by atoms with Crippen molar-refractivity contribution in [1.29, 1.82) is 0 Å². The summed E-state index contributed by atoms with van der Waals surface area (Å²) in [5.74, 6) is 0.115. The largest absolute Gasteiger partial charge is 0.495 e. The Morgan fingerprint density at radius 3 is 2.48 bits per heavy atom. The Balaban J connectivity index is 1.98. The molecular formula is C18H18Cl2N2O3. The number of benzene rings is 2. The van der Waals surface area contributed by atoms with Gasteiger partial charge in [-0.05, 0) is 42.3 Å². The van der Waals surface area contributed by atoms with Crippen molar-refractivity contribution in [3.63, 3.8) is 0 Å². The molecule has 0 aliphatic rings. The van der Waals surface area contributed by atoms with Crippen molar-refractivity contribution in [2.24, 2.45) is 0 Å².